The van der Waals surface area contributed by atoms with E-state index in [-0.39, 0.29) is 0 Å². The Balaban J connectivity index is 2.14. The average Bonchev–Trinajstić information content (AvgIpc) is 2.39. The Morgan fingerprint density at radius 1 is 1.00 bits per heavy atom. The number of hydrogen-bond donors (Lipinski definition) is 1. The summed E-state index contributed by atoms with van der Waals surface area (Å²) < 4.78 is 10.8. The fourth-order valence-corrected chi connectivity index (χ4v) is 1.77. The van der Waals surface area contributed by atoms with Crippen LogP contribution >= 0.6 is 0 Å². The van der Waals surface area contributed by atoms with Gasteiger partial charge in [-0.2, -0.15) is 0 Å². The largest absolute Gasteiger partial charge is 0.497 e. The third kappa shape index (κ3) is 7.06. The average molecular weight is 265 g/mol. The van der Waals surface area contributed by atoms with E-state index in [1.54, 1.807) is 7.11 Å². The third-order valence-corrected chi connectivity index (χ3v) is 2.98. The van der Waals surface area contributed by atoms with E-state index in [1.807, 2.05) is 24.3 Å². The van der Waals surface area contributed by atoms with E-state index < -0.39 is 0 Å². The summed E-state index contributed by atoms with van der Waals surface area (Å²) >= 11 is 0. The molecule has 1 rings (SSSR count). The molecule has 1 unspecified atom stereocenters. The smallest absolute Gasteiger partial charge is 0.119 e. The van der Waals surface area contributed by atoms with Crippen LogP contribution in [0.5, 0.6) is 11.5 Å². The van der Waals surface area contributed by atoms with Gasteiger partial charge in [0.2, 0.25) is 0 Å². The van der Waals surface area contributed by atoms with E-state index in [0.717, 1.165) is 37.6 Å². The molecule has 1 N–H and O–H groups in total. The van der Waals surface area contributed by atoms with Gasteiger partial charge in [-0.3, -0.25) is 0 Å². The van der Waals surface area contributed by atoms with E-state index in [4.69, 9.17) is 9.47 Å². The van der Waals surface area contributed by atoms with Gasteiger partial charge in [0, 0.05) is 0 Å². The molecule has 108 valence electrons. The maximum absolute atomic E-state index is 5.72. The first-order chi connectivity index (χ1) is 9.11. The summed E-state index contributed by atoms with van der Waals surface area (Å²) in [6.07, 6.45) is 1.07. The minimum absolute atomic E-state index is 0.636. The Labute approximate surface area is 117 Å². The Kier molecular flexibility index (Phi) is 7.34. The molecule has 3 nitrogen and oxygen atoms in total. The molecule has 0 radical (unpaired) electrons. The van der Waals surface area contributed by atoms with Crippen LogP contribution < -0.4 is 14.8 Å². The molecule has 3 heteroatoms. The van der Waals surface area contributed by atoms with Crippen LogP contribution in [-0.2, 0) is 0 Å². The van der Waals surface area contributed by atoms with Crippen molar-refractivity contribution in [1.82, 2.24) is 5.32 Å². The van der Waals surface area contributed by atoms with E-state index in [1.165, 1.54) is 0 Å². The fourth-order valence-electron chi connectivity index (χ4n) is 1.77. The normalized spacial score (nSPS) is 12.5. The molecule has 0 spiro atoms. The monoisotopic (exact) mass is 265 g/mol. The summed E-state index contributed by atoms with van der Waals surface area (Å²) in [5, 5.41) is 3.48. The lowest BCUT2D eigenvalue weighted by atomic mass is 10.1. The molecule has 1 aromatic rings. The van der Waals surface area contributed by atoms with Gasteiger partial charge in [0.15, 0.2) is 0 Å². The van der Waals surface area contributed by atoms with Gasteiger partial charge in [0.1, 0.15) is 11.5 Å². The number of nitrogens with one attached hydrogen (secondary N) is 1. The van der Waals surface area contributed by atoms with Crippen LogP contribution in [0.25, 0.3) is 0 Å². The number of hydrogen-bond acceptors (Lipinski definition) is 3. The second-order valence-corrected chi connectivity index (χ2v) is 5.47. The molecular weight excluding hydrogens is 238 g/mol. The molecule has 0 aliphatic rings. The number of rotatable bonds is 9. The van der Waals surface area contributed by atoms with Gasteiger partial charge in [0.05, 0.1) is 13.7 Å². The van der Waals surface area contributed by atoms with Gasteiger partial charge < -0.3 is 14.8 Å². The molecule has 1 atom stereocenters. The van der Waals surface area contributed by atoms with Gasteiger partial charge in [-0.05, 0) is 55.6 Å². The molecule has 0 fully saturated rings. The van der Waals surface area contributed by atoms with Crippen molar-refractivity contribution in [3.8, 4) is 11.5 Å². The van der Waals surface area contributed by atoms with Gasteiger partial charge in [-0.1, -0.05) is 20.8 Å². The quantitative estimate of drug-likeness (QED) is 0.743. The summed E-state index contributed by atoms with van der Waals surface area (Å²) in [5.74, 6) is 3.11. The minimum Gasteiger partial charge on any atom is -0.497 e. The second-order valence-electron chi connectivity index (χ2n) is 5.47. The molecule has 0 aliphatic heterocycles. The number of benzene rings is 1. The molecular formula is C16H27NO2. The minimum atomic E-state index is 0.636. The lowest BCUT2D eigenvalue weighted by Gasteiger charge is -2.14. The maximum atomic E-state index is 5.72. The van der Waals surface area contributed by atoms with E-state index in [2.05, 4.69) is 26.1 Å². The highest BCUT2D eigenvalue weighted by molar-refractivity contribution is 5.31. The van der Waals surface area contributed by atoms with Crippen molar-refractivity contribution >= 4 is 0 Å². The first-order valence-corrected chi connectivity index (χ1v) is 7.09. The molecule has 0 heterocycles. The Morgan fingerprint density at radius 2 is 1.63 bits per heavy atom. The van der Waals surface area contributed by atoms with Crippen LogP contribution in [0.15, 0.2) is 24.3 Å². The Morgan fingerprint density at radius 3 is 2.21 bits per heavy atom. The van der Waals surface area contributed by atoms with Crippen LogP contribution in [0.1, 0.15) is 27.2 Å². The molecule has 0 aromatic heterocycles. The zero-order chi connectivity index (χ0) is 14.1. The molecule has 19 heavy (non-hydrogen) atoms. The van der Waals surface area contributed by atoms with Crippen molar-refractivity contribution in [3.05, 3.63) is 24.3 Å². The SMILES string of the molecule is COc1ccc(OCCC(C)CNCC(C)C)cc1. The summed E-state index contributed by atoms with van der Waals surface area (Å²) in [4.78, 5) is 0. The topological polar surface area (TPSA) is 30.5 Å². The molecule has 0 aliphatic carbocycles. The van der Waals surface area contributed by atoms with Gasteiger partial charge in [-0.25, -0.2) is 0 Å². The zero-order valence-corrected chi connectivity index (χ0v) is 12.6. The highest BCUT2D eigenvalue weighted by Crippen LogP contribution is 2.17. The second kappa shape index (κ2) is 8.81. The van der Waals surface area contributed by atoms with Gasteiger partial charge in [-0.15, -0.1) is 0 Å². The Hall–Kier alpha value is -1.22. The number of ether oxygens (including phenoxy) is 2. The van der Waals surface area contributed by atoms with Crippen molar-refractivity contribution in [2.45, 2.75) is 27.2 Å². The molecule has 0 saturated carbocycles. The van der Waals surface area contributed by atoms with Crippen LogP contribution in [0, 0.1) is 11.8 Å². The predicted molar refractivity (Wildman–Crippen MR) is 80.0 cm³/mol. The summed E-state index contributed by atoms with van der Waals surface area (Å²) in [5.41, 5.74) is 0. The van der Waals surface area contributed by atoms with Crippen molar-refractivity contribution in [2.75, 3.05) is 26.8 Å². The summed E-state index contributed by atoms with van der Waals surface area (Å²) in [6, 6.07) is 7.73. The van der Waals surface area contributed by atoms with Gasteiger partial charge >= 0.3 is 0 Å². The molecule has 0 saturated heterocycles. The van der Waals surface area contributed by atoms with E-state index in [0.29, 0.717) is 11.8 Å². The first-order valence-electron chi connectivity index (χ1n) is 7.09. The molecule has 1 aromatic carbocycles. The van der Waals surface area contributed by atoms with Crippen LogP contribution in [-0.4, -0.2) is 26.8 Å². The summed E-state index contributed by atoms with van der Waals surface area (Å²) in [7, 11) is 1.67. The zero-order valence-electron chi connectivity index (χ0n) is 12.6. The van der Waals surface area contributed by atoms with Crippen molar-refractivity contribution in [3.63, 3.8) is 0 Å². The summed E-state index contributed by atoms with van der Waals surface area (Å²) in [6.45, 7) is 9.62. The van der Waals surface area contributed by atoms with Crippen molar-refractivity contribution in [2.24, 2.45) is 11.8 Å². The van der Waals surface area contributed by atoms with Crippen LogP contribution in [0.3, 0.4) is 0 Å². The Bertz CT molecular complexity index is 335. The van der Waals surface area contributed by atoms with Crippen LogP contribution in [0.4, 0.5) is 0 Å². The predicted octanol–water partition coefficient (Wildman–Crippen LogP) is 3.35. The van der Waals surface area contributed by atoms with Crippen molar-refractivity contribution < 1.29 is 9.47 Å². The maximum Gasteiger partial charge on any atom is 0.119 e. The van der Waals surface area contributed by atoms with E-state index in [9.17, 15) is 0 Å². The van der Waals surface area contributed by atoms with Crippen LogP contribution in [0.2, 0.25) is 0 Å². The van der Waals surface area contributed by atoms with E-state index >= 15 is 0 Å². The highest BCUT2D eigenvalue weighted by Gasteiger charge is 2.03. The third-order valence-electron chi connectivity index (χ3n) is 2.98. The number of methoxy groups -OCH3 is 1. The fraction of sp³-hybridized carbons (Fsp3) is 0.625. The first kappa shape index (κ1) is 15.8. The van der Waals surface area contributed by atoms with Gasteiger partial charge in [0.25, 0.3) is 0 Å². The standard InChI is InChI=1S/C16H27NO2/c1-13(2)11-17-12-14(3)9-10-19-16-7-5-15(18-4)6-8-16/h5-8,13-14,17H,9-12H2,1-4H3. The van der Waals surface area contributed by atoms with Crippen molar-refractivity contribution in [1.29, 1.82) is 0 Å². The molecule has 0 amide bonds. The lowest BCUT2D eigenvalue weighted by molar-refractivity contribution is 0.279. The lowest BCUT2D eigenvalue weighted by Crippen LogP contribution is -2.26. The highest BCUT2D eigenvalue weighted by atomic mass is 16.5. The molecule has 0 bridgehead atoms.